The summed E-state index contributed by atoms with van der Waals surface area (Å²) >= 11 is 0. The summed E-state index contributed by atoms with van der Waals surface area (Å²) in [6, 6.07) is 0. The second kappa shape index (κ2) is 3.12. The number of nitrogens with one attached hydrogen (secondary N) is 1. The Bertz CT molecular complexity index is 474. The first-order valence-electron chi connectivity index (χ1n) is 4.17. The van der Waals surface area contributed by atoms with Crippen molar-refractivity contribution in [3.63, 3.8) is 0 Å². The number of nitrogens with zero attached hydrogens (tertiary/aromatic N) is 2. The van der Waals surface area contributed by atoms with Crippen molar-refractivity contribution in [2.75, 3.05) is 11.9 Å². The maximum atomic E-state index is 11.0. The third-order valence-electron chi connectivity index (χ3n) is 1.99. The first-order valence-corrected chi connectivity index (χ1v) is 4.17. The fraction of sp³-hybridized carbons (Fsp3) is 0.125. The normalized spacial score (nSPS) is 13.1. The minimum absolute atomic E-state index is 0.188. The lowest BCUT2D eigenvalue weighted by molar-refractivity contribution is 0.0693. The van der Waals surface area contributed by atoms with Gasteiger partial charge in [-0.1, -0.05) is 0 Å². The van der Waals surface area contributed by atoms with E-state index in [0.717, 1.165) is 0 Å². The Hall–Kier alpha value is -2.31. The first-order chi connectivity index (χ1) is 7.11. The van der Waals surface area contributed by atoms with Crippen molar-refractivity contribution in [1.82, 2.24) is 9.78 Å². The zero-order valence-corrected chi connectivity index (χ0v) is 7.60. The molecular weight excluding hydrogens is 200 g/mol. The topological polar surface area (TPSA) is 110 Å². The summed E-state index contributed by atoms with van der Waals surface area (Å²) in [5.74, 6) is -1.81. The minimum atomic E-state index is -1.23. The van der Waals surface area contributed by atoms with Gasteiger partial charge in [0.05, 0.1) is 0 Å². The van der Waals surface area contributed by atoms with Gasteiger partial charge in [-0.15, -0.1) is 0 Å². The Morgan fingerprint density at radius 2 is 2.33 bits per heavy atom. The molecule has 2 rings (SSSR count). The summed E-state index contributed by atoms with van der Waals surface area (Å²) in [5, 5.41) is 15.5. The summed E-state index contributed by atoms with van der Waals surface area (Å²) in [6.45, 7) is 0.490. The molecule has 4 N–H and O–H groups in total. The molecule has 1 aromatic rings. The van der Waals surface area contributed by atoms with Crippen LogP contribution in [0.4, 0.5) is 5.82 Å². The van der Waals surface area contributed by atoms with E-state index in [0.29, 0.717) is 6.54 Å². The molecule has 1 aliphatic heterocycles. The number of nitrogens with two attached hydrogens (primary N) is 1. The molecule has 0 fully saturated rings. The number of carboxylic acids is 1. The number of carboxylic acid groups (broad SMARTS) is 1. The smallest absolute Gasteiger partial charge is 0.341 e. The average Bonchev–Trinajstić information content (AvgIpc) is 2.56. The van der Waals surface area contributed by atoms with Crippen molar-refractivity contribution in [3.8, 4) is 0 Å². The number of carbonyl (C=O) groups is 2. The molecular formula is C8H8N4O3. The molecule has 0 bridgehead atoms. The van der Waals surface area contributed by atoms with Crippen LogP contribution in [0.3, 0.4) is 0 Å². The third-order valence-corrected chi connectivity index (χ3v) is 1.99. The molecule has 0 saturated carbocycles. The van der Waals surface area contributed by atoms with Crippen molar-refractivity contribution < 1.29 is 14.7 Å². The SMILES string of the molecule is NC(=O)c1nn2c(c1C(=O)O)NCC=C2. The third kappa shape index (κ3) is 1.33. The number of aromatic carboxylic acids is 1. The Morgan fingerprint density at radius 1 is 1.60 bits per heavy atom. The summed E-state index contributed by atoms with van der Waals surface area (Å²) in [7, 11) is 0. The molecule has 0 aromatic carbocycles. The van der Waals surface area contributed by atoms with Crippen LogP contribution in [0.2, 0.25) is 0 Å². The van der Waals surface area contributed by atoms with Gasteiger partial charge in [-0.25, -0.2) is 9.48 Å². The van der Waals surface area contributed by atoms with E-state index >= 15 is 0 Å². The van der Waals surface area contributed by atoms with Gasteiger partial charge in [-0.2, -0.15) is 5.10 Å². The molecule has 0 spiro atoms. The number of fused-ring (bicyclic) bond motifs is 1. The van der Waals surface area contributed by atoms with Gasteiger partial charge >= 0.3 is 5.97 Å². The Labute approximate surface area is 84.2 Å². The Balaban J connectivity index is 2.67. The molecule has 0 unspecified atom stereocenters. The van der Waals surface area contributed by atoms with Crippen molar-refractivity contribution >= 4 is 23.9 Å². The second-order valence-electron chi connectivity index (χ2n) is 2.95. The van der Waals surface area contributed by atoms with Crippen molar-refractivity contribution in [1.29, 1.82) is 0 Å². The van der Waals surface area contributed by atoms with Gasteiger partial charge in [0.25, 0.3) is 5.91 Å². The number of amides is 1. The summed E-state index contributed by atoms with van der Waals surface area (Å²) in [6.07, 6.45) is 3.32. The number of rotatable bonds is 2. The van der Waals surface area contributed by atoms with Crippen LogP contribution >= 0.6 is 0 Å². The molecule has 78 valence electrons. The van der Waals surface area contributed by atoms with E-state index in [1.54, 1.807) is 12.3 Å². The standard InChI is InChI=1S/C8H8N4O3/c9-6(13)5-4(8(14)15)7-10-2-1-3-12(7)11-5/h1,3,10H,2H2,(H2,9,13)(H,14,15). The van der Waals surface area contributed by atoms with Crippen molar-refractivity contribution in [2.24, 2.45) is 5.73 Å². The highest BCUT2D eigenvalue weighted by atomic mass is 16.4. The van der Waals surface area contributed by atoms with Gasteiger partial charge in [0.2, 0.25) is 0 Å². The van der Waals surface area contributed by atoms with Crippen LogP contribution in [0.25, 0.3) is 6.20 Å². The predicted molar refractivity (Wildman–Crippen MR) is 51.5 cm³/mol. The number of hydrogen-bond donors (Lipinski definition) is 3. The van der Waals surface area contributed by atoms with E-state index in [1.807, 2.05) is 0 Å². The molecule has 0 aliphatic carbocycles. The molecule has 1 amide bonds. The van der Waals surface area contributed by atoms with Crippen LogP contribution in [0, 0.1) is 0 Å². The lowest BCUT2D eigenvalue weighted by atomic mass is 10.2. The fourth-order valence-electron chi connectivity index (χ4n) is 1.39. The highest BCUT2D eigenvalue weighted by Crippen LogP contribution is 2.22. The molecule has 7 nitrogen and oxygen atoms in total. The quantitative estimate of drug-likeness (QED) is 0.611. The fourth-order valence-corrected chi connectivity index (χ4v) is 1.39. The molecule has 2 heterocycles. The number of aromatic nitrogens is 2. The molecule has 0 radical (unpaired) electrons. The van der Waals surface area contributed by atoms with Crippen LogP contribution in [-0.2, 0) is 0 Å². The van der Waals surface area contributed by atoms with Crippen LogP contribution in [-0.4, -0.2) is 33.3 Å². The molecule has 1 aliphatic rings. The summed E-state index contributed by atoms with van der Waals surface area (Å²) in [5.41, 5.74) is 4.61. The minimum Gasteiger partial charge on any atom is -0.477 e. The average molecular weight is 208 g/mol. The lowest BCUT2D eigenvalue weighted by Crippen LogP contribution is -2.16. The van der Waals surface area contributed by atoms with E-state index < -0.39 is 11.9 Å². The summed E-state index contributed by atoms with van der Waals surface area (Å²) in [4.78, 5) is 21.9. The van der Waals surface area contributed by atoms with Gasteiger partial charge in [-0.3, -0.25) is 4.79 Å². The van der Waals surface area contributed by atoms with Gasteiger partial charge in [0.1, 0.15) is 11.4 Å². The van der Waals surface area contributed by atoms with E-state index in [-0.39, 0.29) is 17.1 Å². The van der Waals surface area contributed by atoms with Crippen LogP contribution in [0.15, 0.2) is 6.08 Å². The van der Waals surface area contributed by atoms with Crippen LogP contribution < -0.4 is 11.1 Å². The van der Waals surface area contributed by atoms with E-state index in [4.69, 9.17) is 10.8 Å². The summed E-state index contributed by atoms with van der Waals surface area (Å²) < 4.78 is 1.28. The van der Waals surface area contributed by atoms with Gasteiger partial charge in [0.15, 0.2) is 5.69 Å². The van der Waals surface area contributed by atoms with Gasteiger partial charge in [0, 0.05) is 12.7 Å². The maximum absolute atomic E-state index is 11.0. The highest BCUT2D eigenvalue weighted by Gasteiger charge is 2.26. The van der Waals surface area contributed by atoms with Crippen LogP contribution in [0.1, 0.15) is 20.8 Å². The van der Waals surface area contributed by atoms with Crippen molar-refractivity contribution in [2.45, 2.75) is 0 Å². The zero-order chi connectivity index (χ0) is 11.0. The predicted octanol–water partition coefficient (Wildman–Crippen LogP) is -0.424. The van der Waals surface area contributed by atoms with E-state index in [2.05, 4.69) is 10.4 Å². The van der Waals surface area contributed by atoms with Crippen LogP contribution in [0.5, 0.6) is 0 Å². The lowest BCUT2D eigenvalue weighted by Gasteiger charge is -2.09. The van der Waals surface area contributed by atoms with Gasteiger partial charge < -0.3 is 16.2 Å². The molecule has 15 heavy (non-hydrogen) atoms. The monoisotopic (exact) mass is 208 g/mol. The Kier molecular flexibility index (Phi) is 1.93. The van der Waals surface area contributed by atoms with E-state index in [1.165, 1.54) is 4.68 Å². The molecule has 7 heteroatoms. The number of carbonyl (C=O) groups excluding carboxylic acids is 1. The zero-order valence-electron chi connectivity index (χ0n) is 7.60. The van der Waals surface area contributed by atoms with Gasteiger partial charge in [-0.05, 0) is 6.08 Å². The van der Waals surface area contributed by atoms with Crippen molar-refractivity contribution in [3.05, 3.63) is 17.3 Å². The molecule has 1 aromatic heterocycles. The second-order valence-corrected chi connectivity index (χ2v) is 2.95. The Morgan fingerprint density at radius 3 is 2.93 bits per heavy atom. The largest absolute Gasteiger partial charge is 0.477 e. The first kappa shape index (κ1) is 9.25. The molecule has 0 saturated heterocycles. The number of hydrogen-bond acceptors (Lipinski definition) is 4. The number of primary amides is 1. The maximum Gasteiger partial charge on any atom is 0.341 e. The number of anilines is 1. The highest BCUT2D eigenvalue weighted by molar-refractivity contribution is 6.06. The van der Waals surface area contributed by atoms with E-state index in [9.17, 15) is 9.59 Å². The molecule has 0 atom stereocenters.